The molecule has 154 valence electrons. The fourth-order valence-corrected chi connectivity index (χ4v) is 2.75. The van der Waals surface area contributed by atoms with Crippen molar-refractivity contribution in [3.05, 3.63) is 67.0 Å². The molecule has 1 aromatic carbocycles. The van der Waals surface area contributed by atoms with E-state index in [9.17, 15) is 29.6 Å². The topological polar surface area (TPSA) is 163 Å². The van der Waals surface area contributed by atoms with Crippen molar-refractivity contribution in [3.8, 4) is 5.75 Å². The first-order valence-corrected chi connectivity index (χ1v) is 8.49. The van der Waals surface area contributed by atoms with Crippen LogP contribution in [0.25, 0.3) is 0 Å². The number of nitrogens with zero attached hydrogens (tertiary/aromatic N) is 2. The zero-order chi connectivity index (χ0) is 21.1. The van der Waals surface area contributed by atoms with E-state index in [1.165, 1.54) is 37.4 Å². The summed E-state index contributed by atoms with van der Waals surface area (Å²) in [5.41, 5.74) is -1.06. The van der Waals surface area contributed by atoms with Crippen molar-refractivity contribution in [2.75, 3.05) is 6.61 Å². The fourth-order valence-electron chi connectivity index (χ4n) is 2.75. The van der Waals surface area contributed by atoms with Crippen LogP contribution in [-0.4, -0.2) is 44.6 Å². The second-order valence-electron chi connectivity index (χ2n) is 6.32. The minimum atomic E-state index is -1.09. The van der Waals surface area contributed by atoms with E-state index in [1.54, 1.807) is 0 Å². The quantitative estimate of drug-likeness (QED) is 0.313. The average molecular weight is 407 g/mol. The molecule has 0 saturated carbocycles. The van der Waals surface area contributed by atoms with Gasteiger partial charge in [0.25, 0.3) is 11.2 Å². The maximum absolute atomic E-state index is 11.9. The molecular weight excluding hydrogens is 390 g/mol. The Morgan fingerprint density at radius 3 is 2.72 bits per heavy atom. The Bertz CT molecular complexity index is 1030. The molecule has 2 N–H and O–H groups in total. The van der Waals surface area contributed by atoms with Crippen LogP contribution in [0.15, 0.2) is 40.1 Å². The molecule has 12 nitrogen and oxygen atoms in total. The Hall–Kier alpha value is -3.51. The van der Waals surface area contributed by atoms with Crippen molar-refractivity contribution in [3.63, 3.8) is 0 Å². The zero-order valence-corrected chi connectivity index (χ0v) is 15.1. The van der Waals surface area contributed by atoms with Crippen molar-refractivity contribution in [1.82, 2.24) is 9.55 Å². The van der Waals surface area contributed by atoms with E-state index >= 15 is 0 Å². The Labute approximate surface area is 162 Å². The van der Waals surface area contributed by atoms with Gasteiger partial charge in [-0.1, -0.05) is 0 Å². The van der Waals surface area contributed by atoms with E-state index in [2.05, 4.69) is 4.98 Å². The molecular formula is C17H17N3O9. The number of carbonyl (C=O) groups is 1. The summed E-state index contributed by atoms with van der Waals surface area (Å²) in [5.74, 6) is 0.0432. The summed E-state index contributed by atoms with van der Waals surface area (Å²) in [5, 5.41) is 20.7. The van der Waals surface area contributed by atoms with Crippen molar-refractivity contribution in [2.45, 2.75) is 31.8 Å². The Morgan fingerprint density at radius 2 is 2.07 bits per heavy atom. The number of aromatic amines is 1. The standard InChI is InChI=1S/C17H17N3O9/c1-9-7-19(16(23)18-15(9)22)14-6-12(21)13(29-14)8-27-17(24)28-11-4-2-10(3-5-11)20(25)26/h2-5,7,12-14,21H,6,8H2,1H3,(H,18,22,23)/t12-,13+,14+/m0/s1. The molecule has 2 aromatic rings. The highest BCUT2D eigenvalue weighted by molar-refractivity contribution is 5.64. The van der Waals surface area contributed by atoms with Gasteiger partial charge in [-0.05, 0) is 19.1 Å². The molecule has 2 heterocycles. The van der Waals surface area contributed by atoms with E-state index in [0.29, 0.717) is 5.56 Å². The van der Waals surface area contributed by atoms with Crippen LogP contribution in [0, 0.1) is 17.0 Å². The summed E-state index contributed by atoms with van der Waals surface area (Å²) < 4.78 is 16.5. The highest BCUT2D eigenvalue weighted by Crippen LogP contribution is 2.28. The monoisotopic (exact) mass is 407 g/mol. The SMILES string of the molecule is Cc1cn([C@H]2C[C@H](O)[C@@H](COC(=O)Oc3ccc([N+](=O)[O-])cc3)O2)c(=O)[nH]c1=O. The lowest BCUT2D eigenvalue weighted by Gasteiger charge is -2.16. The van der Waals surface area contributed by atoms with Gasteiger partial charge in [0.15, 0.2) is 0 Å². The number of hydrogen-bond donors (Lipinski definition) is 2. The number of aliphatic hydroxyl groups excluding tert-OH is 1. The molecule has 0 unspecified atom stereocenters. The van der Waals surface area contributed by atoms with Crippen LogP contribution >= 0.6 is 0 Å². The molecule has 0 bridgehead atoms. The van der Waals surface area contributed by atoms with Gasteiger partial charge in [-0.15, -0.1) is 0 Å². The Morgan fingerprint density at radius 1 is 1.38 bits per heavy atom. The van der Waals surface area contributed by atoms with Crippen LogP contribution in [0.1, 0.15) is 18.2 Å². The highest BCUT2D eigenvalue weighted by Gasteiger charge is 2.36. The van der Waals surface area contributed by atoms with Gasteiger partial charge in [0, 0.05) is 30.3 Å². The molecule has 1 aromatic heterocycles. The van der Waals surface area contributed by atoms with Crippen molar-refractivity contribution < 1.29 is 29.0 Å². The summed E-state index contributed by atoms with van der Waals surface area (Å²) in [7, 11) is 0. The van der Waals surface area contributed by atoms with Crippen LogP contribution in [0.2, 0.25) is 0 Å². The highest BCUT2D eigenvalue weighted by atomic mass is 16.7. The predicted octanol–water partition coefficient (Wildman–Crippen LogP) is 0.617. The number of benzene rings is 1. The number of ether oxygens (including phenoxy) is 3. The molecule has 0 spiro atoms. The molecule has 12 heteroatoms. The van der Waals surface area contributed by atoms with Crippen LogP contribution < -0.4 is 16.0 Å². The lowest BCUT2D eigenvalue weighted by Crippen LogP contribution is -2.33. The number of rotatable bonds is 5. The minimum Gasteiger partial charge on any atom is -0.431 e. The van der Waals surface area contributed by atoms with Gasteiger partial charge in [0.05, 0.1) is 11.0 Å². The van der Waals surface area contributed by atoms with Gasteiger partial charge in [-0.3, -0.25) is 24.5 Å². The summed E-state index contributed by atoms with van der Waals surface area (Å²) in [6.45, 7) is 1.18. The summed E-state index contributed by atoms with van der Waals surface area (Å²) in [4.78, 5) is 47.3. The lowest BCUT2D eigenvalue weighted by molar-refractivity contribution is -0.384. The Kier molecular flexibility index (Phi) is 5.75. The first-order chi connectivity index (χ1) is 13.7. The molecule has 0 radical (unpaired) electrons. The number of nitrogens with one attached hydrogen (secondary N) is 1. The van der Waals surface area contributed by atoms with Crippen LogP contribution in [0.4, 0.5) is 10.5 Å². The maximum Gasteiger partial charge on any atom is 0.513 e. The number of hydrogen-bond acceptors (Lipinski definition) is 9. The zero-order valence-electron chi connectivity index (χ0n) is 15.1. The largest absolute Gasteiger partial charge is 0.513 e. The molecule has 1 fully saturated rings. The van der Waals surface area contributed by atoms with Gasteiger partial charge in [0.2, 0.25) is 0 Å². The predicted molar refractivity (Wildman–Crippen MR) is 95.7 cm³/mol. The molecule has 3 rings (SSSR count). The van der Waals surface area contributed by atoms with E-state index in [0.717, 1.165) is 4.57 Å². The number of non-ortho nitro benzene ring substituents is 1. The second-order valence-corrected chi connectivity index (χ2v) is 6.32. The molecule has 0 aliphatic carbocycles. The fraction of sp³-hybridized carbons (Fsp3) is 0.353. The summed E-state index contributed by atoms with van der Waals surface area (Å²) in [6.07, 6.45) is -2.49. The van der Waals surface area contributed by atoms with E-state index in [4.69, 9.17) is 14.2 Å². The molecule has 0 amide bonds. The third-order valence-electron chi connectivity index (χ3n) is 4.27. The molecule has 1 aliphatic rings. The Balaban J connectivity index is 1.56. The molecule has 29 heavy (non-hydrogen) atoms. The lowest BCUT2D eigenvalue weighted by atomic mass is 10.2. The summed E-state index contributed by atoms with van der Waals surface area (Å²) in [6, 6.07) is 4.81. The van der Waals surface area contributed by atoms with E-state index in [1.807, 2.05) is 0 Å². The minimum absolute atomic E-state index is 0.0432. The number of aryl methyl sites for hydroxylation is 1. The first kappa shape index (κ1) is 20.2. The maximum atomic E-state index is 11.9. The molecule has 3 atom stereocenters. The smallest absolute Gasteiger partial charge is 0.431 e. The van der Waals surface area contributed by atoms with Gasteiger partial charge in [-0.2, -0.15) is 0 Å². The number of carbonyl (C=O) groups excluding carboxylic acids is 1. The van der Waals surface area contributed by atoms with Crippen molar-refractivity contribution in [1.29, 1.82) is 0 Å². The van der Waals surface area contributed by atoms with Gasteiger partial charge in [0.1, 0.15) is 24.7 Å². The number of aliphatic hydroxyl groups is 1. The van der Waals surface area contributed by atoms with Crippen molar-refractivity contribution in [2.24, 2.45) is 0 Å². The van der Waals surface area contributed by atoms with Gasteiger partial charge < -0.3 is 19.3 Å². The second kappa shape index (κ2) is 8.24. The van der Waals surface area contributed by atoms with Gasteiger partial charge in [-0.25, -0.2) is 9.59 Å². The first-order valence-electron chi connectivity index (χ1n) is 8.49. The third-order valence-corrected chi connectivity index (χ3v) is 4.27. The van der Waals surface area contributed by atoms with Crippen LogP contribution in [0.3, 0.4) is 0 Å². The van der Waals surface area contributed by atoms with Crippen LogP contribution in [0.5, 0.6) is 5.75 Å². The molecule has 1 aliphatic heterocycles. The summed E-state index contributed by atoms with van der Waals surface area (Å²) >= 11 is 0. The average Bonchev–Trinajstić information content (AvgIpc) is 3.04. The number of nitro groups is 1. The number of aromatic nitrogens is 2. The van der Waals surface area contributed by atoms with Crippen LogP contribution in [-0.2, 0) is 9.47 Å². The van der Waals surface area contributed by atoms with E-state index < -0.39 is 40.8 Å². The van der Waals surface area contributed by atoms with Crippen molar-refractivity contribution >= 4 is 11.8 Å². The normalized spacial score (nSPS) is 21.0. The van der Waals surface area contributed by atoms with Gasteiger partial charge >= 0.3 is 11.8 Å². The van der Waals surface area contributed by atoms with E-state index in [-0.39, 0.29) is 24.5 Å². The molecule has 1 saturated heterocycles. The number of nitro benzene ring substituents is 1. The number of H-pyrrole nitrogens is 1. The third kappa shape index (κ3) is 4.67.